The van der Waals surface area contributed by atoms with Crippen LogP contribution < -0.4 is 0 Å². The van der Waals surface area contributed by atoms with Crippen molar-refractivity contribution in [3.05, 3.63) is 52.2 Å². The number of hydrogen-bond acceptors (Lipinski definition) is 2. The molecule has 0 bridgehead atoms. The van der Waals surface area contributed by atoms with Crippen molar-refractivity contribution in [2.24, 2.45) is 0 Å². The van der Waals surface area contributed by atoms with Crippen LogP contribution in [0.2, 0.25) is 5.02 Å². The van der Waals surface area contributed by atoms with Gasteiger partial charge in [-0.3, -0.25) is 4.79 Å². The number of nitrogens with zero attached hydrogens (tertiary/aromatic N) is 1. The summed E-state index contributed by atoms with van der Waals surface area (Å²) in [6, 6.07) is 9.36. The summed E-state index contributed by atoms with van der Waals surface area (Å²) in [4.78, 5) is 12.7. The fraction of sp³-hybridized carbons (Fsp3) is 0.312. The van der Waals surface area contributed by atoms with Gasteiger partial charge < -0.3 is 4.57 Å². The van der Waals surface area contributed by atoms with Gasteiger partial charge in [-0.15, -0.1) is 11.8 Å². The second-order valence-corrected chi connectivity index (χ2v) is 6.24. The zero-order valence-corrected chi connectivity index (χ0v) is 13.7. The third-order valence-electron chi connectivity index (χ3n) is 3.24. The zero-order chi connectivity index (χ0) is 14.9. The minimum atomic E-state index is 0.0496. The van der Waals surface area contributed by atoms with Crippen LogP contribution in [-0.4, -0.2) is 16.6 Å². The first-order valence-corrected chi connectivity index (χ1v) is 8.12. The Balaban J connectivity index is 2.50. The summed E-state index contributed by atoms with van der Waals surface area (Å²) in [5.74, 6) is 0.0496. The van der Waals surface area contributed by atoms with Crippen molar-refractivity contribution in [1.82, 2.24) is 4.57 Å². The number of rotatable bonds is 4. The average Bonchev–Trinajstić information content (AvgIpc) is 2.75. The maximum atomic E-state index is 12.7. The number of halogens is 1. The van der Waals surface area contributed by atoms with E-state index in [4.69, 9.17) is 11.6 Å². The van der Waals surface area contributed by atoms with E-state index in [-0.39, 0.29) is 5.78 Å². The van der Waals surface area contributed by atoms with Crippen LogP contribution in [0.4, 0.5) is 0 Å². The molecule has 20 heavy (non-hydrogen) atoms. The standard InChI is InChI=1S/C16H18ClNOS/c1-10(2)18-11(3)9-14(16(18)20-4)15(19)12-5-7-13(17)8-6-12/h5-10H,1-4H3. The fourth-order valence-electron chi connectivity index (χ4n) is 2.40. The molecule has 2 rings (SSSR count). The Kier molecular flexibility index (Phi) is 4.61. The zero-order valence-electron chi connectivity index (χ0n) is 12.1. The molecule has 0 spiro atoms. The highest BCUT2D eigenvalue weighted by Gasteiger charge is 2.20. The lowest BCUT2D eigenvalue weighted by atomic mass is 10.1. The molecule has 0 aliphatic rings. The smallest absolute Gasteiger partial charge is 0.195 e. The molecule has 106 valence electrons. The Morgan fingerprint density at radius 3 is 2.35 bits per heavy atom. The first kappa shape index (κ1) is 15.2. The molecular weight excluding hydrogens is 290 g/mol. The summed E-state index contributed by atoms with van der Waals surface area (Å²) >= 11 is 7.49. The number of carbonyl (C=O) groups is 1. The van der Waals surface area contributed by atoms with Gasteiger partial charge >= 0.3 is 0 Å². The predicted octanol–water partition coefficient (Wildman–Crippen LogP) is 4.98. The molecule has 0 aliphatic heterocycles. The van der Waals surface area contributed by atoms with Gasteiger partial charge in [0.05, 0.1) is 10.6 Å². The molecule has 0 unspecified atom stereocenters. The van der Waals surface area contributed by atoms with Crippen molar-refractivity contribution >= 4 is 29.1 Å². The molecule has 0 amide bonds. The minimum Gasteiger partial charge on any atom is -0.337 e. The van der Waals surface area contributed by atoms with Gasteiger partial charge in [-0.1, -0.05) is 11.6 Å². The first-order chi connectivity index (χ1) is 9.45. The van der Waals surface area contributed by atoms with E-state index in [9.17, 15) is 4.79 Å². The summed E-state index contributed by atoms with van der Waals surface area (Å²) in [6.45, 7) is 6.30. The molecule has 0 saturated heterocycles. The Morgan fingerprint density at radius 2 is 1.85 bits per heavy atom. The summed E-state index contributed by atoms with van der Waals surface area (Å²) in [5.41, 5.74) is 2.55. The monoisotopic (exact) mass is 307 g/mol. The Morgan fingerprint density at radius 1 is 1.25 bits per heavy atom. The maximum Gasteiger partial charge on any atom is 0.195 e. The van der Waals surface area contributed by atoms with Gasteiger partial charge in [-0.2, -0.15) is 0 Å². The van der Waals surface area contributed by atoms with Gasteiger partial charge in [0.1, 0.15) is 0 Å². The average molecular weight is 308 g/mol. The van der Waals surface area contributed by atoms with Crippen LogP contribution in [0, 0.1) is 6.92 Å². The van der Waals surface area contributed by atoms with Crippen LogP contribution in [0.25, 0.3) is 0 Å². The molecule has 0 aliphatic carbocycles. The third kappa shape index (κ3) is 2.79. The second-order valence-electron chi connectivity index (χ2n) is 5.01. The highest BCUT2D eigenvalue weighted by molar-refractivity contribution is 7.98. The lowest BCUT2D eigenvalue weighted by Crippen LogP contribution is -2.06. The lowest BCUT2D eigenvalue weighted by molar-refractivity contribution is 0.103. The quantitative estimate of drug-likeness (QED) is 0.587. The van der Waals surface area contributed by atoms with Gasteiger partial charge in [-0.25, -0.2) is 0 Å². The lowest BCUT2D eigenvalue weighted by Gasteiger charge is -2.14. The van der Waals surface area contributed by atoms with Gasteiger partial charge in [-0.05, 0) is 57.4 Å². The van der Waals surface area contributed by atoms with Gasteiger partial charge in [0.2, 0.25) is 0 Å². The summed E-state index contributed by atoms with van der Waals surface area (Å²) < 4.78 is 2.20. The molecule has 1 aromatic carbocycles. The van der Waals surface area contributed by atoms with E-state index in [2.05, 4.69) is 18.4 Å². The molecule has 1 aromatic heterocycles. The van der Waals surface area contributed by atoms with Crippen molar-refractivity contribution < 1.29 is 4.79 Å². The van der Waals surface area contributed by atoms with Crippen LogP contribution in [0.1, 0.15) is 41.5 Å². The number of aryl methyl sites for hydroxylation is 1. The van der Waals surface area contributed by atoms with Crippen LogP contribution in [0.15, 0.2) is 35.4 Å². The highest BCUT2D eigenvalue weighted by Crippen LogP contribution is 2.30. The molecule has 0 saturated carbocycles. The molecule has 0 atom stereocenters. The van der Waals surface area contributed by atoms with E-state index < -0.39 is 0 Å². The van der Waals surface area contributed by atoms with Crippen molar-refractivity contribution in [2.45, 2.75) is 31.8 Å². The van der Waals surface area contributed by atoms with Gasteiger partial charge in [0, 0.05) is 22.3 Å². The topological polar surface area (TPSA) is 22.0 Å². The fourth-order valence-corrected chi connectivity index (χ4v) is 3.45. The van der Waals surface area contributed by atoms with Crippen molar-refractivity contribution in [1.29, 1.82) is 0 Å². The van der Waals surface area contributed by atoms with Gasteiger partial charge in [0.15, 0.2) is 5.78 Å². The number of ketones is 1. The summed E-state index contributed by atoms with van der Waals surface area (Å²) in [7, 11) is 0. The molecule has 0 fully saturated rings. The van der Waals surface area contributed by atoms with Gasteiger partial charge in [0.25, 0.3) is 0 Å². The van der Waals surface area contributed by atoms with E-state index in [1.165, 1.54) is 0 Å². The summed E-state index contributed by atoms with van der Waals surface area (Å²) in [6.07, 6.45) is 2.01. The summed E-state index contributed by atoms with van der Waals surface area (Å²) in [5, 5.41) is 1.67. The van der Waals surface area contributed by atoms with Crippen molar-refractivity contribution in [2.75, 3.05) is 6.26 Å². The van der Waals surface area contributed by atoms with E-state index in [1.807, 2.05) is 19.2 Å². The number of aromatic nitrogens is 1. The van der Waals surface area contributed by atoms with E-state index in [0.29, 0.717) is 16.6 Å². The number of benzene rings is 1. The van der Waals surface area contributed by atoms with E-state index in [0.717, 1.165) is 16.3 Å². The Hall–Kier alpha value is -1.19. The van der Waals surface area contributed by atoms with E-state index >= 15 is 0 Å². The van der Waals surface area contributed by atoms with E-state index in [1.54, 1.807) is 36.0 Å². The Labute approximate surface area is 129 Å². The van der Waals surface area contributed by atoms with Crippen LogP contribution >= 0.6 is 23.4 Å². The predicted molar refractivity (Wildman–Crippen MR) is 86.2 cm³/mol. The molecule has 0 N–H and O–H groups in total. The highest BCUT2D eigenvalue weighted by atomic mass is 35.5. The van der Waals surface area contributed by atoms with Crippen LogP contribution in [0.5, 0.6) is 0 Å². The number of hydrogen-bond donors (Lipinski definition) is 0. The number of thioether (sulfide) groups is 1. The third-order valence-corrected chi connectivity index (χ3v) is 4.30. The van der Waals surface area contributed by atoms with Crippen LogP contribution in [0.3, 0.4) is 0 Å². The molecule has 0 radical (unpaired) electrons. The molecule has 2 nitrogen and oxygen atoms in total. The number of carbonyl (C=O) groups excluding carboxylic acids is 1. The SMILES string of the molecule is CSc1c(C(=O)c2ccc(Cl)cc2)cc(C)n1C(C)C. The minimum absolute atomic E-state index is 0.0496. The molecule has 1 heterocycles. The van der Waals surface area contributed by atoms with Crippen molar-refractivity contribution in [3.63, 3.8) is 0 Å². The maximum absolute atomic E-state index is 12.7. The first-order valence-electron chi connectivity index (χ1n) is 6.51. The van der Waals surface area contributed by atoms with Crippen molar-refractivity contribution in [3.8, 4) is 0 Å². The Bertz CT molecular complexity index is 629. The normalized spacial score (nSPS) is 11.1. The van der Waals surface area contributed by atoms with Crippen LogP contribution in [-0.2, 0) is 0 Å². The molecular formula is C16H18ClNOS. The molecule has 4 heteroatoms. The largest absolute Gasteiger partial charge is 0.337 e. The molecule has 2 aromatic rings. The second kappa shape index (κ2) is 6.06.